The van der Waals surface area contributed by atoms with E-state index in [4.69, 9.17) is 15.0 Å². The van der Waals surface area contributed by atoms with Crippen LogP contribution in [0.25, 0.3) is 28.4 Å². The Labute approximate surface area is 197 Å². The van der Waals surface area contributed by atoms with Crippen molar-refractivity contribution in [1.82, 2.24) is 29.8 Å². The Morgan fingerprint density at radius 3 is 2.47 bits per heavy atom. The summed E-state index contributed by atoms with van der Waals surface area (Å²) in [7, 11) is 0. The van der Waals surface area contributed by atoms with Crippen LogP contribution in [-0.2, 0) is 0 Å². The topological polar surface area (TPSA) is 83.8 Å². The first-order chi connectivity index (χ1) is 16.7. The summed E-state index contributed by atoms with van der Waals surface area (Å²) in [5.41, 5.74) is 2.29. The highest BCUT2D eigenvalue weighted by Crippen LogP contribution is 2.29. The smallest absolute Gasteiger partial charge is 0.224 e. The third-order valence-corrected chi connectivity index (χ3v) is 6.61. The normalized spacial score (nSPS) is 16.9. The molecule has 0 spiro atoms. The van der Waals surface area contributed by atoms with E-state index in [1.807, 2.05) is 22.8 Å². The highest BCUT2D eigenvalue weighted by atomic mass is 19.1. The summed E-state index contributed by atoms with van der Waals surface area (Å²) >= 11 is 0. The van der Waals surface area contributed by atoms with Crippen molar-refractivity contribution in [3.8, 4) is 17.2 Å². The van der Waals surface area contributed by atoms with Crippen molar-refractivity contribution in [3.05, 3.63) is 54.5 Å². The molecule has 9 heteroatoms. The first-order valence-electron chi connectivity index (χ1n) is 12.0. The standard InChI is InChI=1S/C25H27FN8/c26-18-7-5-17(6-8-18)24-32-23-20(9-10-21(30-23)33-15-13-27-14-16-33)34(24)22-11-12-28-25(31-22)29-19-3-1-2-4-19/h5-12,19,27H,1-4,13-16H2,(H,28,29,31). The molecule has 2 fully saturated rings. The summed E-state index contributed by atoms with van der Waals surface area (Å²) in [4.78, 5) is 21.3. The molecular formula is C25H27FN8. The molecule has 1 aromatic carbocycles. The average Bonchev–Trinajstić information content (AvgIpc) is 3.52. The number of hydrogen-bond donors (Lipinski definition) is 2. The van der Waals surface area contributed by atoms with Gasteiger partial charge in [-0.3, -0.25) is 4.57 Å². The van der Waals surface area contributed by atoms with Gasteiger partial charge in [-0.25, -0.2) is 19.3 Å². The minimum absolute atomic E-state index is 0.282. The quantitative estimate of drug-likeness (QED) is 0.471. The number of pyridine rings is 1. The Morgan fingerprint density at radius 1 is 0.882 bits per heavy atom. The van der Waals surface area contributed by atoms with Gasteiger partial charge in [0.1, 0.15) is 23.3 Å². The fourth-order valence-electron chi connectivity index (χ4n) is 4.84. The molecule has 0 atom stereocenters. The predicted octanol–water partition coefficient (Wildman–Crippen LogP) is 3.78. The first kappa shape index (κ1) is 21.0. The average molecular weight is 459 g/mol. The van der Waals surface area contributed by atoms with Crippen molar-refractivity contribution >= 4 is 22.9 Å². The van der Waals surface area contributed by atoms with E-state index in [9.17, 15) is 4.39 Å². The van der Waals surface area contributed by atoms with Gasteiger partial charge >= 0.3 is 0 Å². The van der Waals surface area contributed by atoms with E-state index in [1.165, 1.54) is 25.0 Å². The van der Waals surface area contributed by atoms with Crippen molar-refractivity contribution < 1.29 is 4.39 Å². The van der Waals surface area contributed by atoms with E-state index >= 15 is 0 Å². The summed E-state index contributed by atoms with van der Waals surface area (Å²) in [6.45, 7) is 3.69. The molecule has 1 saturated heterocycles. The number of nitrogens with one attached hydrogen (secondary N) is 2. The van der Waals surface area contributed by atoms with E-state index < -0.39 is 0 Å². The van der Waals surface area contributed by atoms with Crippen LogP contribution in [0.5, 0.6) is 0 Å². The van der Waals surface area contributed by atoms with Crippen molar-refractivity contribution in [2.45, 2.75) is 31.7 Å². The van der Waals surface area contributed by atoms with Gasteiger partial charge in [0.15, 0.2) is 5.65 Å². The second-order valence-corrected chi connectivity index (χ2v) is 8.89. The van der Waals surface area contributed by atoms with E-state index in [-0.39, 0.29) is 5.82 Å². The Bertz CT molecular complexity index is 1290. The minimum atomic E-state index is -0.282. The van der Waals surface area contributed by atoms with Crippen molar-refractivity contribution in [2.75, 3.05) is 36.4 Å². The summed E-state index contributed by atoms with van der Waals surface area (Å²) in [6.07, 6.45) is 6.52. The lowest BCUT2D eigenvalue weighted by atomic mass is 10.2. The maximum atomic E-state index is 13.7. The number of halogens is 1. The van der Waals surface area contributed by atoms with Gasteiger partial charge in [-0.1, -0.05) is 12.8 Å². The number of benzene rings is 1. The molecule has 0 amide bonds. The van der Waals surface area contributed by atoms with E-state index in [0.717, 1.165) is 55.9 Å². The third-order valence-electron chi connectivity index (χ3n) is 6.61. The number of fused-ring (bicyclic) bond motifs is 1. The number of piperazine rings is 1. The molecule has 6 rings (SSSR count). The predicted molar refractivity (Wildman–Crippen MR) is 131 cm³/mol. The zero-order valence-electron chi connectivity index (χ0n) is 18.9. The zero-order chi connectivity index (χ0) is 22.9. The summed E-state index contributed by atoms with van der Waals surface area (Å²) < 4.78 is 15.6. The van der Waals surface area contributed by atoms with Gasteiger partial charge in [0.2, 0.25) is 5.95 Å². The summed E-state index contributed by atoms with van der Waals surface area (Å²) in [6, 6.07) is 12.8. The van der Waals surface area contributed by atoms with Gasteiger partial charge in [0.25, 0.3) is 0 Å². The maximum Gasteiger partial charge on any atom is 0.224 e. The zero-order valence-corrected chi connectivity index (χ0v) is 18.9. The molecule has 1 saturated carbocycles. The van der Waals surface area contributed by atoms with Crippen LogP contribution in [0.3, 0.4) is 0 Å². The molecule has 8 nitrogen and oxygen atoms in total. The number of imidazole rings is 1. The Morgan fingerprint density at radius 2 is 1.68 bits per heavy atom. The molecule has 0 unspecified atom stereocenters. The van der Waals surface area contributed by atoms with Crippen LogP contribution in [0.1, 0.15) is 25.7 Å². The lowest BCUT2D eigenvalue weighted by Crippen LogP contribution is -2.43. The van der Waals surface area contributed by atoms with Gasteiger partial charge < -0.3 is 15.5 Å². The Balaban J connectivity index is 1.45. The van der Waals surface area contributed by atoms with Crippen molar-refractivity contribution in [2.24, 2.45) is 0 Å². The van der Waals surface area contributed by atoms with Crippen LogP contribution >= 0.6 is 0 Å². The number of rotatable bonds is 5. The number of anilines is 2. The van der Waals surface area contributed by atoms with Gasteiger partial charge in [0.05, 0.1) is 5.52 Å². The minimum Gasteiger partial charge on any atom is -0.354 e. The molecule has 34 heavy (non-hydrogen) atoms. The molecule has 1 aliphatic carbocycles. The van der Waals surface area contributed by atoms with Crippen molar-refractivity contribution in [1.29, 1.82) is 0 Å². The monoisotopic (exact) mass is 458 g/mol. The van der Waals surface area contributed by atoms with E-state index in [0.29, 0.717) is 29.3 Å². The van der Waals surface area contributed by atoms with Gasteiger partial charge in [0, 0.05) is 44.0 Å². The van der Waals surface area contributed by atoms with Gasteiger partial charge in [-0.2, -0.15) is 4.98 Å². The fourth-order valence-corrected chi connectivity index (χ4v) is 4.84. The van der Waals surface area contributed by atoms with E-state index in [1.54, 1.807) is 18.3 Å². The lowest BCUT2D eigenvalue weighted by molar-refractivity contribution is 0.585. The summed E-state index contributed by atoms with van der Waals surface area (Å²) in [5, 5.41) is 6.85. The molecule has 4 heterocycles. The fraction of sp³-hybridized carbons (Fsp3) is 0.360. The highest BCUT2D eigenvalue weighted by molar-refractivity contribution is 5.81. The Kier molecular flexibility index (Phi) is 5.54. The van der Waals surface area contributed by atoms with Crippen LogP contribution < -0.4 is 15.5 Å². The van der Waals surface area contributed by atoms with Gasteiger partial charge in [-0.05, 0) is 55.3 Å². The molecular weight excluding hydrogens is 431 g/mol. The Hall–Kier alpha value is -3.59. The number of aromatic nitrogens is 5. The summed E-state index contributed by atoms with van der Waals surface area (Å²) in [5.74, 6) is 2.62. The largest absolute Gasteiger partial charge is 0.354 e. The van der Waals surface area contributed by atoms with E-state index in [2.05, 4.69) is 20.5 Å². The molecule has 4 aromatic rings. The SMILES string of the molecule is Fc1ccc(-c2nc3nc(N4CCNCC4)ccc3n2-c2ccnc(NC3CCCC3)n2)cc1. The lowest BCUT2D eigenvalue weighted by Gasteiger charge is -2.28. The van der Waals surface area contributed by atoms with Crippen LogP contribution in [-0.4, -0.2) is 56.7 Å². The second-order valence-electron chi connectivity index (χ2n) is 8.89. The number of nitrogens with zero attached hydrogens (tertiary/aromatic N) is 6. The molecule has 1 aliphatic heterocycles. The molecule has 3 aromatic heterocycles. The van der Waals surface area contributed by atoms with Crippen LogP contribution in [0.2, 0.25) is 0 Å². The second kappa shape index (κ2) is 8.98. The molecule has 174 valence electrons. The molecule has 0 radical (unpaired) electrons. The van der Waals surface area contributed by atoms with Crippen LogP contribution in [0.15, 0.2) is 48.7 Å². The third kappa shape index (κ3) is 4.07. The molecule has 2 N–H and O–H groups in total. The first-order valence-corrected chi connectivity index (χ1v) is 12.0. The molecule has 2 aliphatic rings. The van der Waals surface area contributed by atoms with Crippen molar-refractivity contribution in [3.63, 3.8) is 0 Å². The molecule has 0 bridgehead atoms. The van der Waals surface area contributed by atoms with Crippen LogP contribution in [0.4, 0.5) is 16.2 Å². The highest BCUT2D eigenvalue weighted by Gasteiger charge is 2.20. The number of hydrogen-bond acceptors (Lipinski definition) is 7. The van der Waals surface area contributed by atoms with Gasteiger partial charge in [-0.15, -0.1) is 0 Å². The maximum absolute atomic E-state index is 13.7. The van der Waals surface area contributed by atoms with Crippen LogP contribution in [0, 0.1) is 5.82 Å².